The summed E-state index contributed by atoms with van der Waals surface area (Å²) >= 11 is 6.01. The van der Waals surface area contributed by atoms with E-state index in [0.717, 1.165) is 16.9 Å². The normalized spacial score (nSPS) is 18.3. The van der Waals surface area contributed by atoms with Crippen LogP contribution in [-0.4, -0.2) is 51.0 Å². The number of likely N-dealkylation sites (tertiary alicyclic amines) is 1. The summed E-state index contributed by atoms with van der Waals surface area (Å²) in [6.07, 6.45) is 0. The van der Waals surface area contributed by atoms with E-state index in [0.29, 0.717) is 35.9 Å². The Morgan fingerprint density at radius 3 is 2.58 bits per heavy atom. The minimum Gasteiger partial charge on any atom is -0.338 e. The van der Waals surface area contributed by atoms with Crippen LogP contribution < -0.4 is 0 Å². The molecular formula is C24H23ClN4O2. The first-order valence-corrected chi connectivity index (χ1v) is 10.8. The number of carbonyl (C=O) groups excluding carboxylic acids is 2. The van der Waals surface area contributed by atoms with Crippen molar-refractivity contribution in [2.75, 3.05) is 19.6 Å². The van der Waals surface area contributed by atoms with Gasteiger partial charge in [0.05, 0.1) is 17.4 Å². The van der Waals surface area contributed by atoms with Crippen molar-refractivity contribution in [3.63, 3.8) is 0 Å². The molecule has 5 rings (SSSR count). The number of halogens is 1. The first kappa shape index (κ1) is 19.8. The van der Waals surface area contributed by atoms with E-state index in [1.54, 1.807) is 28.9 Å². The van der Waals surface area contributed by atoms with Gasteiger partial charge in [-0.15, -0.1) is 0 Å². The van der Waals surface area contributed by atoms with Crippen molar-refractivity contribution in [2.45, 2.75) is 19.9 Å². The highest BCUT2D eigenvalue weighted by atomic mass is 35.5. The Hall–Kier alpha value is -3.12. The van der Waals surface area contributed by atoms with Crippen LogP contribution in [0.3, 0.4) is 0 Å². The standard InChI is InChI=1S/C24H23ClN4O2/c1-15-21-16(2)28(24(31)22(21)29(26-15)20-9-4-3-5-10-20)14-17-12-27(13-17)23(30)18-7-6-8-19(25)11-18/h3-11,16-17H,12-14H2,1-2H3. The summed E-state index contributed by atoms with van der Waals surface area (Å²) in [4.78, 5) is 29.7. The SMILES string of the molecule is Cc1nn(-c2ccccc2)c2c1C(C)N(CC1CN(C(=O)c3cccc(Cl)c3)C1)C2=O. The maximum Gasteiger partial charge on any atom is 0.273 e. The number of para-hydroxylation sites is 1. The lowest BCUT2D eigenvalue weighted by Gasteiger charge is -2.41. The van der Waals surface area contributed by atoms with Crippen molar-refractivity contribution in [3.05, 3.63) is 82.1 Å². The third-order valence-electron chi connectivity index (χ3n) is 6.23. The van der Waals surface area contributed by atoms with Crippen LogP contribution >= 0.6 is 11.6 Å². The Kier molecular flexibility index (Phi) is 4.82. The summed E-state index contributed by atoms with van der Waals surface area (Å²) in [6, 6.07) is 16.7. The molecular weight excluding hydrogens is 412 g/mol. The van der Waals surface area contributed by atoms with E-state index in [4.69, 9.17) is 11.6 Å². The van der Waals surface area contributed by atoms with Crippen molar-refractivity contribution in [1.29, 1.82) is 0 Å². The van der Waals surface area contributed by atoms with Crippen LogP contribution in [0.2, 0.25) is 5.02 Å². The Labute approximate surface area is 186 Å². The first-order valence-electron chi connectivity index (χ1n) is 10.4. The molecule has 0 bridgehead atoms. The zero-order chi connectivity index (χ0) is 21.7. The second-order valence-corrected chi connectivity index (χ2v) is 8.75. The van der Waals surface area contributed by atoms with E-state index < -0.39 is 0 Å². The Morgan fingerprint density at radius 2 is 1.87 bits per heavy atom. The molecule has 0 N–H and O–H groups in total. The van der Waals surface area contributed by atoms with Crippen molar-refractivity contribution in [2.24, 2.45) is 5.92 Å². The van der Waals surface area contributed by atoms with E-state index in [1.165, 1.54) is 0 Å². The molecule has 3 aromatic rings. The molecule has 0 radical (unpaired) electrons. The van der Waals surface area contributed by atoms with Crippen molar-refractivity contribution >= 4 is 23.4 Å². The molecule has 7 heteroatoms. The topological polar surface area (TPSA) is 58.4 Å². The lowest BCUT2D eigenvalue weighted by atomic mass is 9.97. The number of nitrogens with zero attached hydrogens (tertiary/aromatic N) is 4. The maximum absolute atomic E-state index is 13.3. The number of fused-ring (bicyclic) bond motifs is 1. The molecule has 1 unspecified atom stereocenters. The van der Waals surface area contributed by atoms with Crippen LogP contribution in [0.1, 0.15) is 45.1 Å². The molecule has 2 aliphatic heterocycles. The van der Waals surface area contributed by atoms with Crippen LogP contribution in [0.5, 0.6) is 0 Å². The molecule has 2 aromatic carbocycles. The summed E-state index contributed by atoms with van der Waals surface area (Å²) in [5.74, 6) is 0.252. The number of aromatic nitrogens is 2. The van der Waals surface area contributed by atoms with Gasteiger partial charge < -0.3 is 9.80 Å². The fraction of sp³-hybridized carbons (Fsp3) is 0.292. The van der Waals surface area contributed by atoms with Gasteiger partial charge in [0.1, 0.15) is 5.69 Å². The molecule has 3 heterocycles. The van der Waals surface area contributed by atoms with E-state index in [9.17, 15) is 9.59 Å². The molecule has 31 heavy (non-hydrogen) atoms. The first-order chi connectivity index (χ1) is 14.9. The third kappa shape index (κ3) is 3.31. The summed E-state index contributed by atoms with van der Waals surface area (Å²) < 4.78 is 1.76. The lowest BCUT2D eigenvalue weighted by molar-refractivity contribution is 0.0361. The van der Waals surface area contributed by atoms with E-state index in [1.807, 2.05) is 47.1 Å². The van der Waals surface area contributed by atoms with Crippen LogP contribution in [0.25, 0.3) is 5.69 Å². The van der Waals surface area contributed by atoms with Gasteiger partial charge in [-0.2, -0.15) is 5.10 Å². The number of aryl methyl sites for hydroxylation is 1. The monoisotopic (exact) mass is 434 g/mol. The summed E-state index contributed by atoms with van der Waals surface area (Å²) in [6.45, 7) is 5.92. The number of rotatable bonds is 4. The highest BCUT2D eigenvalue weighted by molar-refractivity contribution is 6.30. The second-order valence-electron chi connectivity index (χ2n) is 8.32. The van der Waals surface area contributed by atoms with Gasteiger partial charge >= 0.3 is 0 Å². The van der Waals surface area contributed by atoms with E-state index in [-0.39, 0.29) is 23.8 Å². The molecule has 158 valence electrons. The lowest BCUT2D eigenvalue weighted by Crippen LogP contribution is -2.54. The highest BCUT2D eigenvalue weighted by Gasteiger charge is 2.42. The second kappa shape index (κ2) is 7.54. The van der Waals surface area contributed by atoms with Crippen LogP contribution in [0, 0.1) is 12.8 Å². The van der Waals surface area contributed by atoms with Gasteiger partial charge in [-0.1, -0.05) is 35.9 Å². The molecule has 0 saturated carbocycles. The molecule has 1 fully saturated rings. The Morgan fingerprint density at radius 1 is 1.13 bits per heavy atom. The quantitative estimate of drug-likeness (QED) is 0.620. The molecule has 1 saturated heterocycles. The molecule has 2 amide bonds. The van der Waals surface area contributed by atoms with E-state index in [2.05, 4.69) is 12.0 Å². The minimum atomic E-state index is -0.0300. The molecule has 0 aliphatic carbocycles. The third-order valence-corrected chi connectivity index (χ3v) is 6.46. The zero-order valence-electron chi connectivity index (χ0n) is 17.5. The van der Waals surface area contributed by atoms with Crippen LogP contribution in [-0.2, 0) is 0 Å². The van der Waals surface area contributed by atoms with Gasteiger partial charge in [-0.25, -0.2) is 4.68 Å². The van der Waals surface area contributed by atoms with Crippen LogP contribution in [0.15, 0.2) is 54.6 Å². The van der Waals surface area contributed by atoms with Gasteiger partial charge in [-0.3, -0.25) is 9.59 Å². The molecule has 0 spiro atoms. The fourth-order valence-corrected chi connectivity index (χ4v) is 4.83. The average Bonchev–Trinajstić information content (AvgIpc) is 3.21. The summed E-state index contributed by atoms with van der Waals surface area (Å²) in [7, 11) is 0. The van der Waals surface area contributed by atoms with Gasteiger partial charge in [0.25, 0.3) is 11.8 Å². The Balaban J connectivity index is 1.29. The van der Waals surface area contributed by atoms with Gasteiger partial charge in [0, 0.05) is 41.7 Å². The highest BCUT2D eigenvalue weighted by Crippen LogP contribution is 2.38. The molecule has 6 nitrogen and oxygen atoms in total. The maximum atomic E-state index is 13.3. The van der Waals surface area contributed by atoms with Crippen molar-refractivity contribution in [1.82, 2.24) is 19.6 Å². The molecule has 1 atom stereocenters. The number of benzene rings is 2. The smallest absolute Gasteiger partial charge is 0.273 e. The largest absolute Gasteiger partial charge is 0.338 e. The summed E-state index contributed by atoms with van der Waals surface area (Å²) in [5, 5.41) is 5.19. The number of hydrogen-bond acceptors (Lipinski definition) is 3. The predicted molar refractivity (Wildman–Crippen MR) is 119 cm³/mol. The number of amides is 2. The average molecular weight is 435 g/mol. The van der Waals surface area contributed by atoms with Gasteiger partial charge in [0.15, 0.2) is 0 Å². The van der Waals surface area contributed by atoms with Gasteiger partial charge in [0.2, 0.25) is 0 Å². The van der Waals surface area contributed by atoms with Crippen LogP contribution in [0.4, 0.5) is 0 Å². The fourth-order valence-electron chi connectivity index (χ4n) is 4.64. The Bertz CT molecular complexity index is 1170. The predicted octanol–water partition coefficient (Wildman–Crippen LogP) is 4.12. The number of hydrogen-bond donors (Lipinski definition) is 0. The number of carbonyl (C=O) groups is 2. The minimum absolute atomic E-state index is 0.00608. The van der Waals surface area contributed by atoms with Crippen molar-refractivity contribution in [3.8, 4) is 5.69 Å². The summed E-state index contributed by atoms with van der Waals surface area (Å²) in [5.41, 5.74) is 4.02. The van der Waals surface area contributed by atoms with Crippen molar-refractivity contribution < 1.29 is 9.59 Å². The van der Waals surface area contributed by atoms with E-state index >= 15 is 0 Å². The molecule has 2 aliphatic rings. The zero-order valence-corrected chi connectivity index (χ0v) is 18.2. The van der Waals surface area contributed by atoms with Gasteiger partial charge in [-0.05, 0) is 44.2 Å². The molecule has 1 aromatic heterocycles.